The third kappa shape index (κ3) is 3.65. The number of anilines is 1. The maximum atomic E-state index is 12.2. The van der Waals surface area contributed by atoms with Crippen LogP contribution in [-0.2, 0) is 16.1 Å². The average Bonchev–Trinajstić information content (AvgIpc) is 3.06. The van der Waals surface area contributed by atoms with Gasteiger partial charge in [-0.2, -0.15) is 0 Å². The third-order valence-corrected chi connectivity index (χ3v) is 3.68. The van der Waals surface area contributed by atoms with Crippen molar-refractivity contribution in [3.63, 3.8) is 0 Å². The highest BCUT2D eigenvalue weighted by molar-refractivity contribution is 5.97. The van der Waals surface area contributed by atoms with Gasteiger partial charge in [0.1, 0.15) is 6.54 Å². The number of carbonyl (C=O) groups excluding carboxylic acids is 2. The first kappa shape index (κ1) is 15.9. The topological polar surface area (TPSA) is 67.9 Å². The fourth-order valence-electron chi connectivity index (χ4n) is 2.44. The quantitative estimate of drug-likeness (QED) is 0.913. The summed E-state index contributed by atoms with van der Waals surface area (Å²) in [6, 6.07) is 14.6. The molecule has 0 aliphatic carbocycles. The van der Waals surface area contributed by atoms with Crippen molar-refractivity contribution in [3.8, 4) is 11.5 Å². The number of benzene rings is 2. The molecule has 0 spiro atoms. The third-order valence-electron chi connectivity index (χ3n) is 3.68. The number of hydrogen-bond donors (Lipinski definition) is 1. The van der Waals surface area contributed by atoms with E-state index >= 15 is 0 Å². The highest BCUT2D eigenvalue weighted by Crippen LogP contribution is 2.32. The van der Waals surface area contributed by atoms with Crippen LogP contribution in [-0.4, -0.2) is 25.2 Å². The lowest BCUT2D eigenvalue weighted by Gasteiger charge is -2.20. The molecule has 0 saturated carbocycles. The predicted octanol–water partition coefficient (Wildman–Crippen LogP) is 2.08. The first-order chi connectivity index (χ1) is 11.6. The van der Waals surface area contributed by atoms with Crippen molar-refractivity contribution in [2.45, 2.75) is 13.5 Å². The molecule has 0 aromatic heterocycles. The number of nitrogens with one attached hydrogen (secondary N) is 1. The molecule has 24 heavy (non-hydrogen) atoms. The minimum Gasteiger partial charge on any atom is -0.454 e. The SMILES string of the molecule is CC(=O)N(CC(=O)NCc1ccc2c(c1)OCO2)c1ccccc1. The molecule has 1 N–H and O–H groups in total. The molecule has 0 bridgehead atoms. The second-order valence-corrected chi connectivity index (χ2v) is 5.41. The van der Waals surface area contributed by atoms with Crippen molar-refractivity contribution < 1.29 is 19.1 Å². The van der Waals surface area contributed by atoms with Crippen LogP contribution in [0.25, 0.3) is 0 Å². The Kier molecular flexibility index (Phi) is 4.65. The summed E-state index contributed by atoms with van der Waals surface area (Å²) in [6.07, 6.45) is 0. The number of para-hydroxylation sites is 1. The second kappa shape index (κ2) is 7.04. The van der Waals surface area contributed by atoms with Crippen LogP contribution >= 0.6 is 0 Å². The Balaban J connectivity index is 1.59. The molecule has 2 amide bonds. The molecule has 1 aliphatic heterocycles. The summed E-state index contributed by atoms with van der Waals surface area (Å²) in [4.78, 5) is 25.4. The fraction of sp³-hybridized carbons (Fsp3) is 0.222. The van der Waals surface area contributed by atoms with E-state index in [1.807, 2.05) is 36.4 Å². The largest absolute Gasteiger partial charge is 0.454 e. The van der Waals surface area contributed by atoms with Crippen molar-refractivity contribution in [1.82, 2.24) is 5.32 Å². The lowest BCUT2D eigenvalue weighted by Crippen LogP contribution is -2.39. The zero-order valence-corrected chi connectivity index (χ0v) is 13.3. The summed E-state index contributed by atoms with van der Waals surface area (Å²) in [5, 5.41) is 2.82. The lowest BCUT2D eigenvalue weighted by molar-refractivity contribution is -0.123. The number of fused-ring (bicyclic) bond motifs is 1. The highest BCUT2D eigenvalue weighted by Gasteiger charge is 2.16. The van der Waals surface area contributed by atoms with Gasteiger partial charge in [0.2, 0.25) is 18.6 Å². The van der Waals surface area contributed by atoms with Crippen LogP contribution in [0.5, 0.6) is 11.5 Å². The van der Waals surface area contributed by atoms with Crippen LogP contribution < -0.4 is 19.7 Å². The van der Waals surface area contributed by atoms with Gasteiger partial charge in [-0.15, -0.1) is 0 Å². The van der Waals surface area contributed by atoms with Gasteiger partial charge in [-0.25, -0.2) is 0 Å². The van der Waals surface area contributed by atoms with Crippen LogP contribution in [0.15, 0.2) is 48.5 Å². The van der Waals surface area contributed by atoms with Gasteiger partial charge < -0.3 is 19.7 Å². The normalized spacial score (nSPS) is 11.9. The number of ether oxygens (including phenoxy) is 2. The summed E-state index contributed by atoms with van der Waals surface area (Å²) in [5.41, 5.74) is 1.60. The molecule has 2 aromatic carbocycles. The van der Waals surface area contributed by atoms with Gasteiger partial charge in [0, 0.05) is 19.2 Å². The minimum absolute atomic E-state index is 0.0239. The smallest absolute Gasteiger partial charge is 0.240 e. The number of rotatable bonds is 5. The fourth-order valence-corrected chi connectivity index (χ4v) is 2.44. The summed E-state index contributed by atoms with van der Waals surface area (Å²) < 4.78 is 10.6. The number of hydrogen-bond acceptors (Lipinski definition) is 4. The van der Waals surface area contributed by atoms with Gasteiger partial charge >= 0.3 is 0 Å². The lowest BCUT2D eigenvalue weighted by atomic mass is 10.2. The Morgan fingerprint density at radius 3 is 2.58 bits per heavy atom. The van der Waals surface area contributed by atoms with E-state index in [-0.39, 0.29) is 25.2 Å². The molecule has 0 saturated heterocycles. The van der Waals surface area contributed by atoms with E-state index in [4.69, 9.17) is 9.47 Å². The van der Waals surface area contributed by atoms with Crippen molar-refractivity contribution in [1.29, 1.82) is 0 Å². The molecule has 1 heterocycles. The highest BCUT2D eigenvalue weighted by atomic mass is 16.7. The summed E-state index contributed by atoms with van der Waals surface area (Å²) in [6.45, 7) is 1.99. The maximum Gasteiger partial charge on any atom is 0.240 e. The van der Waals surface area contributed by atoms with E-state index in [9.17, 15) is 9.59 Å². The molecule has 6 heteroatoms. The Labute approximate surface area is 140 Å². The van der Waals surface area contributed by atoms with Crippen molar-refractivity contribution in [3.05, 3.63) is 54.1 Å². The maximum absolute atomic E-state index is 12.2. The zero-order valence-electron chi connectivity index (χ0n) is 13.3. The molecule has 0 fully saturated rings. The minimum atomic E-state index is -0.230. The zero-order chi connectivity index (χ0) is 16.9. The van der Waals surface area contributed by atoms with E-state index < -0.39 is 0 Å². The van der Waals surface area contributed by atoms with E-state index in [0.717, 1.165) is 5.56 Å². The van der Waals surface area contributed by atoms with Crippen molar-refractivity contribution >= 4 is 17.5 Å². The standard InChI is InChI=1S/C18H18N2O4/c1-13(21)20(15-5-3-2-4-6-15)11-18(22)19-10-14-7-8-16-17(9-14)24-12-23-16/h2-9H,10-12H2,1H3,(H,19,22). The van der Waals surface area contributed by atoms with E-state index in [1.165, 1.54) is 11.8 Å². The molecule has 124 valence electrons. The predicted molar refractivity (Wildman–Crippen MR) is 88.9 cm³/mol. The summed E-state index contributed by atoms with van der Waals surface area (Å²) in [5.74, 6) is 0.972. The van der Waals surface area contributed by atoms with Gasteiger partial charge in [-0.3, -0.25) is 9.59 Å². The number of amides is 2. The number of carbonyl (C=O) groups is 2. The monoisotopic (exact) mass is 326 g/mol. The van der Waals surface area contributed by atoms with Gasteiger partial charge in [0.15, 0.2) is 11.5 Å². The van der Waals surface area contributed by atoms with E-state index in [1.54, 1.807) is 12.1 Å². The molecule has 0 radical (unpaired) electrons. The molecule has 0 atom stereocenters. The Bertz CT molecular complexity index is 746. The van der Waals surface area contributed by atoms with Crippen LogP contribution in [0.4, 0.5) is 5.69 Å². The van der Waals surface area contributed by atoms with Gasteiger partial charge in [0.25, 0.3) is 0 Å². The van der Waals surface area contributed by atoms with Crippen LogP contribution in [0.3, 0.4) is 0 Å². The molecule has 6 nitrogen and oxygen atoms in total. The van der Waals surface area contributed by atoms with Crippen molar-refractivity contribution in [2.24, 2.45) is 0 Å². The summed E-state index contributed by atoms with van der Waals surface area (Å²) >= 11 is 0. The first-order valence-corrected chi connectivity index (χ1v) is 7.62. The molecular formula is C18H18N2O4. The Morgan fingerprint density at radius 1 is 1.08 bits per heavy atom. The van der Waals surface area contributed by atoms with Gasteiger partial charge in [0.05, 0.1) is 0 Å². The molecule has 0 unspecified atom stereocenters. The Hall–Kier alpha value is -3.02. The van der Waals surface area contributed by atoms with Gasteiger partial charge in [-0.05, 0) is 29.8 Å². The molecule has 1 aliphatic rings. The van der Waals surface area contributed by atoms with E-state index in [2.05, 4.69) is 5.32 Å². The molecular weight excluding hydrogens is 308 g/mol. The number of nitrogens with zero attached hydrogens (tertiary/aromatic N) is 1. The first-order valence-electron chi connectivity index (χ1n) is 7.62. The Morgan fingerprint density at radius 2 is 1.83 bits per heavy atom. The molecule has 2 aromatic rings. The van der Waals surface area contributed by atoms with E-state index in [0.29, 0.717) is 23.7 Å². The van der Waals surface area contributed by atoms with Crippen LogP contribution in [0.1, 0.15) is 12.5 Å². The van der Waals surface area contributed by atoms with Crippen LogP contribution in [0, 0.1) is 0 Å². The van der Waals surface area contributed by atoms with Crippen LogP contribution in [0.2, 0.25) is 0 Å². The molecule has 3 rings (SSSR count). The second-order valence-electron chi connectivity index (χ2n) is 5.41. The average molecular weight is 326 g/mol. The van der Waals surface area contributed by atoms with Crippen molar-refractivity contribution in [2.75, 3.05) is 18.2 Å². The van der Waals surface area contributed by atoms with Gasteiger partial charge in [-0.1, -0.05) is 24.3 Å². The summed E-state index contributed by atoms with van der Waals surface area (Å²) in [7, 11) is 0.